The van der Waals surface area contributed by atoms with Crippen LogP contribution in [0.5, 0.6) is 0 Å². The molecule has 12 heavy (non-hydrogen) atoms. The molecule has 0 aromatic carbocycles. The number of rotatable bonds is 2. The van der Waals surface area contributed by atoms with E-state index in [9.17, 15) is 4.79 Å². The van der Waals surface area contributed by atoms with Gasteiger partial charge in [-0.1, -0.05) is 6.92 Å². The van der Waals surface area contributed by atoms with E-state index < -0.39 is 5.60 Å². The molecule has 1 heterocycles. The summed E-state index contributed by atoms with van der Waals surface area (Å²) >= 11 is 0. The van der Waals surface area contributed by atoms with E-state index >= 15 is 0 Å². The summed E-state index contributed by atoms with van der Waals surface area (Å²) in [5.74, 6) is 1.08. The summed E-state index contributed by atoms with van der Waals surface area (Å²) in [6, 6.07) is 0. The number of hydrogen-bond acceptors (Lipinski definition) is 2. The fourth-order valence-electron chi connectivity index (χ4n) is 1.57. The molecule has 0 N–H and O–H groups in total. The van der Waals surface area contributed by atoms with Crippen LogP contribution in [0.4, 0.5) is 0 Å². The molecule has 1 unspecified atom stereocenters. The maximum atomic E-state index is 11.5. The highest BCUT2D eigenvalue weighted by Gasteiger charge is 2.34. The molecule has 0 aromatic heterocycles. The first kappa shape index (κ1) is 9.30. The molecule has 2 nitrogen and oxygen atoms in total. The Morgan fingerprint density at radius 2 is 2.42 bits per heavy atom. The predicted molar refractivity (Wildman–Crippen MR) is 47.8 cm³/mol. The molecule has 68 valence electrons. The topological polar surface area (TPSA) is 26.3 Å². The van der Waals surface area contributed by atoms with Crippen molar-refractivity contribution in [1.82, 2.24) is 0 Å². The van der Waals surface area contributed by atoms with E-state index in [0.29, 0.717) is 6.42 Å². The summed E-state index contributed by atoms with van der Waals surface area (Å²) in [4.78, 5) is 11.5. The van der Waals surface area contributed by atoms with E-state index in [4.69, 9.17) is 4.74 Å². The number of Topliss-reactive ketones (excluding diaryl/α,β-unsaturated/α-hetero) is 1. The van der Waals surface area contributed by atoms with Crippen molar-refractivity contribution in [2.75, 3.05) is 0 Å². The summed E-state index contributed by atoms with van der Waals surface area (Å²) < 4.78 is 5.54. The molecule has 0 fully saturated rings. The molecule has 0 spiro atoms. The molecule has 0 radical (unpaired) electrons. The minimum Gasteiger partial charge on any atom is -0.485 e. The van der Waals surface area contributed by atoms with Gasteiger partial charge in [-0.05, 0) is 32.8 Å². The molecule has 0 saturated carbocycles. The normalized spacial score (nSPS) is 29.1. The third kappa shape index (κ3) is 1.68. The second-order valence-corrected chi connectivity index (χ2v) is 3.46. The van der Waals surface area contributed by atoms with Gasteiger partial charge in [0.1, 0.15) is 0 Å². The Labute approximate surface area is 73.6 Å². The molecule has 0 bridgehead atoms. The Bertz CT molecular complexity index is 218. The minimum absolute atomic E-state index is 0.204. The number of allylic oxidation sites excluding steroid dienone is 2. The van der Waals surface area contributed by atoms with Crippen molar-refractivity contribution < 1.29 is 9.53 Å². The van der Waals surface area contributed by atoms with Crippen molar-refractivity contribution in [3.05, 3.63) is 11.8 Å². The Morgan fingerprint density at radius 1 is 1.75 bits per heavy atom. The van der Waals surface area contributed by atoms with Crippen LogP contribution in [0.2, 0.25) is 0 Å². The van der Waals surface area contributed by atoms with Crippen molar-refractivity contribution >= 4 is 5.78 Å². The van der Waals surface area contributed by atoms with Gasteiger partial charge in [-0.3, -0.25) is 4.79 Å². The van der Waals surface area contributed by atoms with Crippen LogP contribution < -0.4 is 0 Å². The number of ketones is 1. The molecule has 0 aromatic rings. The third-order valence-electron chi connectivity index (χ3n) is 2.35. The lowest BCUT2D eigenvalue weighted by atomic mass is 9.91. The number of ether oxygens (including phenoxy) is 1. The Kier molecular flexibility index (Phi) is 2.55. The monoisotopic (exact) mass is 168 g/mol. The zero-order chi connectivity index (χ0) is 9.19. The van der Waals surface area contributed by atoms with Gasteiger partial charge in [0.2, 0.25) is 0 Å². The first-order valence-corrected chi connectivity index (χ1v) is 4.47. The molecular weight excluding hydrogens is 152 g/mol. The van der Waals surface area contributed by atoms with Crippen LogP contribution in [0, 0.1) is 0 Å². The quantitative estimate of drug-likeness (QED) is 0.633. The predicted octanol–water partition coefficient (Wildman–Crippen LogP) is 2.44. The van der Waals surface area contributed by atoms with Crippen LogP contribution in [-0.2, 0) is 9.53 Å². The van der Waals surface area contributed by atoms with Crippen molar-refractivity contribution in [2.24, 2.45) is 0 Å². The van der Waals surface area contributed by atoms with Gasteiger partial charge in [-0.25, -0.2) is 0 Å². The van der Waals surface area contributed by atoms with E-state index in [1.807, 2.05) is 26.8 Å². The lowest BCUT2D eigenvalue weighted by Gasteiger charge is -2.32. The maximum Gasteiger partial charge on any atom is 0.175 e. The zero-order valence-electron chi connectivity index (χ0n) is 8.02. The molecule has 1 aliphatic rings. The third-order valence-corrected chi connectivity index (χ3v) is 2.35. The highest BCUT2D eigenvalue weighted by molar-refractivity contribution is 5.86. The SMILES string of the molecule is CCC(=O)C1(C)CCC=C(C)O1. The van der Waals surface area contributed by atoms with Crippen LogP contribution >= 0.6 is 0 Å². The summed E-state index contributed by atoms with van der Waals surface area (Å²) in [5, 5.41) is 0. The average Bonchev–Trinajstić information content (AvgIpc) is 2.02. The molecule has 0 saturated heterocycles. The van der Waals surface area contributed by atoms with Gasteiger partial charge in [-0.15, -0.1) is 0 Å². The molecule has 0 amide bonds. The Hall–Kier alpha value is -0.790. The molecule has 1 rings (SSSR count). The first-order valence-electron chi connectivity index (χ1n) is 4.47. The van der Waals surface area contributed by atoms with Crippen molar-refractivity contribution in [2.45, 2.75) is 45.6 Å². The second-order valence-electron chi connectivity index (χ2n) is 3.46. The van der Waals surface area contributed by atoms with Crippen LogP contribution in [0.15, 0.2) is 11.8 Å². The largest absolute Gasteiger partial charge is 0.485 e. The van der Waals surface area contributed by atoms with E-state index in [2.05, 4.69) is 0 Å². The summed E-state index contributed by atoms with van der Waals surface area (Å²) in [6.45, 7) is 5.67. The van der Waals surface area contributed by atoms with Gasteiger partial charge in [-0.2, -0.15) is 0 Å². The molecular formula is C10H16O2. The van der Waals surface area contributed by atoms with Gasteiger partial charge < -0.3 is 4.74 Å². The highest BCUT2D eigenvalue weighted by Crippen LogP contribution is 2.28. The van der Waals surface area contributed by atoms with Crippen molar-refractivity contribution in [1.29, 1.82) is 0 Å². The van der Waals surface area contributed by atoms with Crippen LogP contribution in [0.3, 0.4) is 0 Å². The van der Waals surface area contributed by atoms with E-state index in [1.165, 1.54) is 0 Å². The standard InChI is InChI=1S/C10H16O2/c1-4-9(11)10(3)7-5-6-8(2)12-10/h6H,4-5,7H2,1-3H3. The van der Waals surface area contributed by atoms with E-state index in [-0.39, 0.29) is 5.78 Å². The van der Waals surface area contributed by atoms with Crippen LogP contribution in [0.25, 0.3) is 0 Å². The fourth-order valence-corrected chi connectivity index (χ4v) is 1.57. The van der Waals surface area contributed by atoms with Gasteiger partial charge in [0.05, 0.1) is 5.76 Å². The summed E-state index contributed by atoms with van der Waals surface area (Å²) in [7, 11) is 0. The Balaban J connectivity index is 2.73. The maximum absolute atomic E-state index is 11.5. The first-order chi connectivity index (χ1) is 5.58. The Morgan fingerprint density at radius 3 is 2.92 bits per heavy atom. The lowest BCUT2D eigenvalue weighted by molar-refractivity contribution is -0.139. The second kappa shape index (κ2) is 3.30. The smallest absolute Gasteiger partial charge is 0.175 e. The van der Waals surface area contributed by atoms with Crippen molar-refractivity contribution in [3.8, 4) is 0 Å². The van der Waals surface area contributed by atoms with Gasteiger partial charge in [0.15, 0.2) is 11.4 Å². The zero-order valence-corrected chi connectivity index (χ0v) is 8.02. The fraction of sp³-hybridized carbons (Fsp3) is 0.700. The van der Waals surface area contributed by atoms with Crippen LogP contribution in [0.1, 0.15) is 40.0 Å². The van der Waals surface area contributed by atoms with Crippen LogP contribution in [-0.4, -0.2) is 11.4 Å². The van der Waals surface area contributed by atoms with Crippen molar-refractivity contribution in [3.63, 3.8) is 0 Å². The number of carbonyl (C=O) groups excluding carboxylic acids is 1. The molecule has 1 aliphatic heterocycles. The highest BCUT2D eigenvalue weighted by atomic mass is 16.5. The van der Waals surface area contributed by atoms with E-state index in [0.717, 1.165) is 18.6 Å². The number of hydrogen-bond donors (Lipinski definition) is 0. The molecule has 1 atom stereocenters. The van der Waals surface area contributed by atoms with Gasteiger partial charge >= 0.3 is 0 Å². The minimum atomic E-state index is -0.548. The summed E-state index contributed by atoms with van der Waals surface area (Å²) in [5.41, 5.74) is -0.548. The van der Waals surface area contributed by atoms with Gasteiger partial charge in [0, 0.05) is 6.42 Å². The molecule has 0 aliphatic carbocycles. The van der Waals surface area contributed by atoms with E-state index in [1.54, 1.807) is 0 Å². The number of carbonyl (C=O) groups is 1. The summed E-state index contributed by atoms with van der Waals surface area (Å²) in [6.07, 6.45) is 4.36. The van der Waals surface area contributed by atoms with Gasteiger partial charge in [0.25, 0.3) is 0 Å². The average molecular weight is 168 g/mol. The lowest BCUT2D eigenvalue weighted by Crippen LogP contribution is -2.39. The molecule has 2 heteroatoms.